The van der Waals surface area contributed by atoms with Gasteiger partial charge in [0.05, 0.1) is 23.6 Å². The molecule has 1 aliphatic heterocycles. The van der Waals surface area contributed by atoms with Crippen LogP contribution in [0.3, 0.4) is 0 Å². The van der Waals surface area contributed by atoms with Gasteiger partial charge < -0.3 is 10.0 Å². The van der Waals surface area contributed by atoms with E-state index >= 15 is 0 Å². The van der Waals surface area contributed by atoms with Crippen molar-refractivity contribution in [1.82, 2.24) is 4.98 Å². The van der Waals surface area contributed by atoms with E-state index in [4.69, 9.17) is 16.7 Å². The number of thiazole rings is 1. The van der Waals surface area contributed by atoms with Crippen LogP contribution in [0.1, 0.15) is 17.0 Å². The van der Waals surface area contributed by atoms with E-state index < -0.39 is 17.7 Å². The number of anilines is 1. The molecule has 138 valence electrons. The highest BCUT2D eigenvalue weighted by molar-refractivity contribution is 7.18. The molecule has 5 nitrogen and oxygen atoms in total. The fourth-order valence-electron chi connectivity index (χ4n) is 3.37. The number of carboxylic acids is 1. The number of hydrogen-bond acceptors (Lipinski definition) is 4. The molecule has 2 heterocycles. The largest absolute Gasteiger partial charge is 0.481 e. The van der Waals surface area contributed by atoms with Crippen LogP contribution in [0.25, 0.3) is 10.2 Å². The van der Waals surface area contributed by atoms with E-state index in [0.717, 1.165) is 5.56 Å². The molecule has 0 saturated carbocycles. The summed E-state index contributed by atoms with van der Waals surface area (Å²) in [5, 5.41) is 10.2. The number of hydrogen-bond donors (Lipinski definition) is 1. The zero-order valence-electron chi connectivity index (χ0n) is 14.0. The molecule has 0 bridgehead atoms. The maximum absolute atomic E-state index is 13.9. The monoisotopic (exact) mass is 404 g/mol. The van der Waals surface area contributed by atoms with Gasteiger partial charge in [0.15, 0.2) is 0 Å². The number of rotatable bonds is 4. The van der Waals surface area contributed by atoms with Crippen molar-refractivity contribution in [3.63, 3.8) is 0 Å². The standard InChI is InChI=1S/C19H14ClFN2O3S/c20-12-4-5-14-10(7-12)6-11(8-17(24)25)19(26)23(14)9-16-22-18-13(21)2-1-3-15(18)27-16/h1-5,7,11H,6,8-9H2,(H,24,25). The maximum Gasteiger partial charge on any atom is 0.304 e. The molecule has 1 aromatic heterocycles. The quantitative estimate of drug-likeness (QED) is 0.705. The predicted molar refractivity (Wildman–Crippen MR) is 102 cm³/mol. The zero-order chi connectivity index (χ0) is 19.1. The normalized spacial score (nSPS) is 16.6. The van der Waals surface area contributed by atoms with Crippen molar-refractivity contribution in [3.8, 4) is 0 Å². The van der Waals surface area contributed by atoms with E-state index in [1.807, 2.05) is 0 Å². The maximum atomic E-state index is 13.9. The Morgan fingerprint density at radius 2 is 2.19 bits per heavy atom. The highest BCUT2D eigenvalue weighted by atomic mass is 35.5. The molecule has 8 heteroatoms. The zero-order valence-corrected chi connectivity index (χ0v) is 15.6. The second-order valence-corrected chi connectivity index (χ2v) is 7.94. The molecule has 1 N–H and O–H groups in total. The lowest BCUT2D eigenvalue weighted by atomic mass is 9.89. The number of carbonyl (C=O) groups is 2. The summed E-state index contributed by atoms with van der Waals surface area (Å²) >= 11 is 7.39. The summed E-state index contributed by atoms with van der Waals surface area (Å²) in [6.45, 7) is 0.155. The fraction of sp³-hybridized carbons (Fsp3) is 0.211. The van der Waals surface area contributed by atoms with Crippen LogP contribution < -0.4 is 4.90 Å². The van der Waals surface area contributed by atoms with Gasteiger partial charge in [-0.05, 0) is 42.3 Å². The second kappa shape index (κ2) is 6.90. The first-order chi connectivity index (χ1) is 12.9. The van der Waals surface area contributed by atoms with Crippen molar-refractivity contribution in [2.24, 2.45) is 5.92 Å². The molecule has 0 aliphatic carbocycles. The molecule has 1 aliphatic rings. The summed E-state index contributed by atoms with van der Waals surface area (Å²) in [5.74, 6) is -2.37. The number of nitrogens with zero attached hydrogens (tertiary/aromatic N) is 2. The Kier molecular flexibility index (Phi) is 4.57. The number of carboxylic acid groups (broad SMARTS) is 1. The molecule has 2 aromatic carbocycles. The van der Waals surface area contributed by atoms with Crippen LogP contribution in [0.4, 0.5) is 10.1 Å². The number of aromatic nitrogens is 1. The van der Waals surface area contributed by atoms with E-state index in [2.05, 4.69) is 4.98 Å². The Morgan fingerprint density at radius 1 is 1.37 bits per heavy atom. The molecule has 27 heavy (non-hydrogen) atoms. The molecule has 0 radical (unpaired) electrons. The van der Waals surface area contributed by atoms with Gasteiger partial charge in [-0.25, -0.2) is 9.37 Å². The third-order valence-electron chi connectivity index (χ3n) is 4.54. The van der Waals surface area contributed by atoms with Gasteiger partial charge in [-0.2, -0.15) is 0 Å². The minimum absolute atomic E-state index is 0.155. The molecule has 1 atom stereocenters. The smallest absolute Gasteiger partial charge is 0.304 e. The van der Waals surface area contributed by atoms with Crippen molar-refractivity contribution in [2.75, 3.05) is 4.90 Å². The first-order valence-corrected chi connectivity index (χ1v) is 9.47. The molecule has 0 spiro atoms. The lowest BCUT2D eigenvalue weighted by Crippen LogP contribution is -2.41. The first-order valence-electron chi connectivity index (χ1n) is 8.28. The van der Waals surface area contributed by atoms with Crippen molar-refractivity contribution in [1.29, 1.82) is 0 Å². The molecule has 3 aromatic rings. The van der Waals surface area contributed by atoms with Crippen LogP contribution in [-0.2, 0) is 22.6 Å². The number of benzene rings is 2. The molecular formula is C19H14ClFN2O3S. The molecule has 4 rings (SSSR count). The summed E-state index contributed by atoms with van der Waals surface area (Å²) in [6, 6.07) is 9.93. The number of halogens is 2. The Bertz CT molecular complexity index is 1070. The lowest BCUT2D eigenvalue weighted by molar-refractivity contribution is -0.140. The molecular weight excluding hydrogens is 391 g/mol. The lowest BCUT2D eigenvalue weighted by Gasteiger charge is -2.33. The number of fused-ring (bicyclic) bond motifs is 2. The van der Waals surface area contributed by atoms with Gasteiger partial charge >= 0.3 is 5.97 Å². The van der Waals surface area contributed by atoms with Gasteiger partial charge in [-0.3, -0.25) is 9.59 Å². The Morgan fingerprint density at radius 3 is 2.93 bits per heavy atom. The van der Waals surface area contributed by atoms with Crippen LogP contribution >= 0.6 is 22.9 Å². The minimum Gasteiger partial charge on any atom is -0.481 e. The van der Waals surface area contributed by atoms with Gasteiger partial charge in [0.2, 0.25) is 5.91 Å². The van der Waals surface area contributed by atoms with Gasteiger partial charge in [0.1, 0.15) is 16.3 Å². The van der Waals surface area contributed by atoms with E-state index in [-0.39, 0.29) is 24.4 Å². The average Bonchev–Trinajstić information content (AvgIpc) is 3.02. The Hall–Kier alpha value is -2.51. The molecule has 0 fully saturated rings. The van der Waals surface area contributed by atoms with Crippen molar-refractivity contribution in [3.05, 3.63) is 57.8 Å². The van der Waals surface area contributed by atoms with Crippen molar-refractivity contribution < 1.29 is 19.1 Å². The SMILES string of the molecule is O=C(O)CC1Cc2cc(Cl)ccc2N(Cc2nc3c(F)cccc3s2)C1=O. The summed E-state index contributed by atoms with van der Waals surface area (Å²) in [6.07, 6.45) is 0.0712. The van der Waals surface area contributed by atoms with Crippen LogP contribution in [-0.4, -0.2) is 22.0 Å². The predicted octanol–water partition coefficient (Wildman–Crippen LogP) is 4.27. The topological polar surface area (TPSA) is 70.5 Å². The second-order valence-electron chi connectivity index (χ2n) is 6.39. The molecule has 1 unspecified atom stereocenters. The number of aliphatic carboxylic acids is 1. The molecule has 1 amide bonds. The van der Waals surface area contributed by atoms with Crippen molar-refractivity contribution >= 4 is 50.7 Å². The van der Waals surface area contributed by atoms with Gasteiger partial charge in [0, 0.05) is 10.7 Å². The minimum atomic E-state index is -1.03. The van der Waals surface area contributed by atoms with Gasteiger partial charge in [-0.1, -0.05) is 17.7 Å². The van der Waals surface area contributed by atoms with Crippen LogP contribution in [0.5, 0.6) is 0 Å². The Balaban J connectivity index is 1.73. The number of amides is 1. The highest BCUT2D eigenvalue weighted by Crippen LogP contribution is 2.36. The summed E-state index contributed by atoms with van der Waals surface area (Å²) in [4.78, 5) is 29.9. The van der Waals surface area contributed by atoms with Gasteiger partial charge in [0.25, 0.3) is 0 Å². The average molecular weight is 405 g/mol. The van der Waals surface area contributed by atoms with E-state index in [1.165, 1.54) is 22.3 Å². The van der Waals surface area contributed by atoms with Crippen LogP contribution in [0, 0.1) is 11.7 Å². The highest BCUT2D eigenvalue weighted by Gasteiger charge is 2.34. The van der Waals surface area contributed by atoms with E-state index in [0.29, 0.717) is 26.8 Å². The summed E-state index contributed by atoms with van der Waals surface area (Å²) in [5.41, 5.74) is 1.78. The van der Waals surface area contributed by atoms with E-state index in [1.54, 1.807) is 30.3 Å². The third kappa shape index (κ3) is 3.40. The Labute approximate surface area is 163 Å². The summed E-state index contributed by atoms with van der Waals surface area (Å²) in [7, 11) is 0. The third-order valence-corrected chi connectivity index (χ3v) is 5.78. The number of carbonyl (C=O) groups excluding carboxylic acids is 1. The van der Waals surface area contributed by atoms with Crippen molar-refractivity contribution in [2.45, 2.75) is 19.4 Å². The first kappa shape index (κ1) is 17.9. The van der Waals surface area contributed by atoms with Crippen LogP contribution in [0.15, 0.2) is 36.4 Å². The number of para-hydroxylation sites is 1. The summed E-state index contributed by atoms with van der Waals surface area (Å²) < 4.78 is 14.6. The van der Waals surface area contributed by atoms with Gasteiger partial charge in [-0.15, -0.1) is 11.3 Å². The molecule has 0 saturated heterocycles. The van der Waals surface area contributed by atoms with Crippen LogP contribution in [0.2, 0.25) is 5.02 Å². The fourth-order valence-corrected chi connectivity index (χ4v) is 4.54. The van der Waals surface area contributed by atoms with E-state index in [9.17, 15) is 14.0 Å².